The summed E-state index contributed by atoms with van der Waals surface area (Å²) < 4.78 is 34.1. The molecule has 0 radical (unpaired) electrons. The van der Waals surface area contributed by atoms with Gasteiger partial charge in [0.25, 0.3) is 0 Å². The van der Waals surface area contributed by atoms with E-state index in [-0.39, 0.29) is 0 Å². The predicted molar refractivity (Wildman–Crippen MR) is 83.0 cm³/mol. The van der Waals surface area contributed by atoms with Crippen molar-refractivity contribution in [2.24, 2.45) is 0 Å². The molecule has 1 N–H and O–H groups in total. The van der Waals surface area contributed by atoms with E-state index in [1.807, 2.05) is 24.3 Å². The molecule has 0 bridgehead atoms. The third-order valence-corrected chi connectivity index (χ3v) is 4.92. The summed E-state index contributed by atoms with van der Waals surface area (Å²) in [4.78, 5) is 0. The van der Waals surface area contributed by atoms with E-state index in [4.69, 9.17) is 4.74 Å². The molecule has 5 nitrogen and oxygen atoms in total. The molecule has 1 heterocycles. The van der Waals surface area contributed by atoms with Gasteiger partial charge in [-0.05, 0) is 42.3 Å². The molecular weight excluding hydrogens is 288 g/mol. The standard InChI is InChI=1S/C15H16N2O3S/c1-20-14-8-6-13(7-9-14)16-21(18,19)17-11-10-12-4-2-3-5-15(12)17/h2-9,16H,10-11H2,1H3. The summed E-state index contributed by atoms with van der Waals surface area (Å²) in [6.45, 7) is 0.463. The summed E-state index contributed by atoms with van der Waals surface area (Å²) in [6, 6.07) is 14.3. The average molecular weight is 304 g/mol. The zero-order chi connectivity index (χ0) is 14.9. The third-order valence-electron chi connectivity index (χ3n) is 3.47. The number of nitrogens with one attached hydrogen (secondary N) is 1. The van der Waals surface area contributed by atoms with Crippen LogP contribution in [-0.4, -0.2) is 22.1 Å². The maximum Gasteiger partial charge on any atom is 0.323 e. The fourth-order valence-corrected chi connectivity index (χ4v) is 3.73. The first-order valence-corrected chi connectivity index (χ1v) is 8.06. The lowest BCUT2D eigenvalue weighted by Crippen LogP contribution is -2.34. The zero-order valence-electron chi connectivity index (χ0n) is 11.6. The van der Waals surface area contributed by atoms with Crippen molar-refractivity contribution in [1.29, 1.82) is 0 Å². The molecule has 2 aromatic carbocycles. The zero-order valence-corrected chi connectivity index (χ0v) is 12.4. The summed E-state index contributed by atoms with van der Waals surface area (Å²) in [5, 5.41) is 0. The quantitative estimate of drug-likeness (QED) is 0.943. The topological polar surface area (TPSA) is 58.6 Å². The Kier molecular flexibility index (Phi) is 3.47. The molecule has 0 saturated heterocycles. The highest BCUT2D eigenvalue weighted by atomic mass is 32.2. The smallest absolute Gasteiger partial charge is 0.323 e. The Morgan fingerprint density at radius 2 is 1.81 bits per heavy atom. The van der Waals surface area contributed by atoms with Gasteiger partial charge in [-0.3, -0.25) is 9.03 Å². The van der Waals surface area contributed by atoms with Crippen molar-refractivity contribution in [3.63, 3.8) is 0 Å². The lowest BCUT2D eigenvalue weighted by molar-refractivity contribution is 0.415. The van der Waals surface area contributed by atoms with E-state index in [1.165, 1.54) is 4.31 Å². The van der Waals surface area contributed by atoms with E-state index in [1.54, 1.807) is 31.4 Å². The highest BCUT2D eigenvalue weighted by molar-refractivity contribution is 7.94. The van der Waals surface area contributed by atoms with Gasteiger partial charge in [0.05, 0.1) is 18.5 Å². The van der Waals surface area contributed by atoms with Crippen LogP contribution in [0.1, 0.15) is 5.56 Å². The van der Waals surface area contributed by atoms with Gasteiger partial charge in [-0.2, -0.15) is 8.42 Å². The molecule has 0 amide bonds. The Hall–Kier alpha value is -2.21. The van der Waals surface area contributed by atoms with Gasteiger partial charge in [0.1, 0.15) is 5.75 Å². The van der Waals surface area contributed by atoms with Gasteiger partial charge in [-0.1, -0.05) is 18.2 Å². The maximum atomic E-state index is 12.5. The van der Waals surface area contributed by atoms with Crippen LogP contribution in [-0.2, 0) is 16.6 Å². The number of anilines is 2. The Morgan fingerprint density at radius 1 is 1.10 bits per heavy atom. The van der Waals surface area contributed by atoms with Crippen molar-refractivity contribution in [3.8, 4) is 5.75 Å². The Balaban J connectivity index is 1.84. The molecular formula is C15H16N2O3S. The largest absolute Gasteiger partial charge is 0.497 e. The van der Waals surface area contributed by atoms with Crippen LogP contribution in [0.4, 0.5) is 11.4 Å². The normalized spacial score (nSPS) is 13.9. The fraction of sp³-hybridized carbons (Fsp3) is 0.200. The minimum atomic E-state index is -3.60. The monoisotopic (exact) mass is 304 g/mol. The van der Waals surface area contributed by atoms with Gasteiger partial charge >= 0.3 is 10.2 Å². The Labute approximate surface area is 124 Å². The molecule has 0 atom stereocenters. The van der Waals surface area contributed by atoms with Crippen LogP contribution in [0.3, 0.4) is 0 Å². The molecule has 0 fully saturated rings. The molecule has 1 aliphatic rings. The molecule has 6 heteroatoms. The summed E-state index contributed by atoms with van der Waals surface area (Å²) in [5.41, 5.74) is 2.32. The van der Waals surface area contributed by atoms with Crippen molar-refractivity contribution < 1.29 is 13.2 Å². The fourth-order valence-electron chi connectivity index (χ4n) is 2.42. The number of para-hydroxylation sites is 1. The van der Waals surface area contributed by atoms with E-state index in [9.17, 15) is 8.42 Å². The van der Waals surface area contributed by atoms with E-state index in [0.29, 0.717) is 18.0 Å². The highest BCUT2D eigenvalue weighted by Gasteiger charge is 2.28. The number of methoxy groups -OCH3 is 1. The average Bonchev–Trinajstić information content (AvgIpc) is 2.92. The van der Waals surface area contributed by atoms with E-state index < -0.39 is 10.2 Å². The number of ether oxygens (including phenoxy) is 1. The van der Waals surface area contributed by atoms with Crippen LogP contribution in [0.2, 0.25) is 0 Å². The van der Waals surface area contributed by atoms with Crippen LogP contribution in [0.25, 0.3) is 0 Å². The van der Waals surface area contributed by atoms with E-state index >= 15 is 0 Å². The predicted octanol–water partition coefficient (Wildman–Crippen LogP) is 2.41. The lowest BCUT2D eigenvalue weighted by Gasteiger charge is -2.20. The SMILES string of the molecule is COc1ccc(NS(=O)(=O)N2CCc3ccccc32)cc1. The number of nitrogens with zero attached hydrogens (tertiary/aromatic N) is 1. The molecule has 21 heavy (non-hydrogen) atoms. The Morgan fingerprint density at radius 3 is 2.52 bits per heavy atom. The van der Waals surface area contributed by atoms with Gasteiger partial charge < -0.3 is 4.74 Å². The molecule has 0 unspecified atom stereocenters. The van der Waals surface area contributed by atoms with Crippen LogP contribution in [0, 0.1) is 0 Å². The van der Waals surface area contributed by atoms with Crippen molar-refractivity contribution in [3.05, 3.63) is 54.1 Å². The summed E-state index contributed by atoms with van der Waals surface area (Å²) in [5.74, 6) is 0.685. The summed E-state index contributed by atoms with van der Waals surface area (Å²) >= 11 is 0. The minimum Gasteiger partial charge on any atom is -0.497 e. The summed E-state index contributed by atoms with van der Waals surface area (Å²) in [7, 11) is -2.03. The number of rotatable bonds is 4. The van der Waals surface area contributed by atoms with Gasteiger partial charge in [-0.15, -0.1) is 0 Å². The lowest BCUT2D eigenvalue weighted by atomic mass is 10.2. The first-order valence-electron chi connectivity index (χ1n) is 6.62. The van der Waals surface area contributed by atoms with Crippen molar-refractivity contribution in [1.82, 2.24) is 0 Å². The first kappa shape index (κ1) is 13.8. The first-order chi connectivity index (χ1) is 10.1. The third kappa shape index (κ3) is 2.67. The molecule has 1 aliphatic heterocycles. The van der Waals surface area contributed by atoms with Crippen molar-refractivity contribution in [2.75, 3.05) is 22.7 Å². The van der Waals surface area contributed by atoms with Crippen LogP contribution >= 0.6 is 0 Å². The van der Waals surface area contributed by atoms with Crippen molar-refractivity contribution in [2.45, 2.75) is 6.42 Å². The molecule has 0 saturated carbocycles. The second-order valence-electron chi connectivity index (χ2n) is 4.79. The molecule has 110 valence electrons. The number of hydrogen-bond donors (Lipinski definition) is 1. The van der Waals surface area contributed by atoms with Gasteiger partial charge in [0, 0.05) is 6.54 Å². The van der Waals surface area contributed by atoms with Crippen molar-refractivity contribution >= 4 is 21.6 Å². The number of hydrogen-bond acceptors (Lipinski definition) is 3. The van der Waals surface area contributed by atoms with Gasteiger partial charge in [-0.25, -0.2) is 0 Å². The van der Waals surface area contributed by atoms with E-state index in [2.05, 4.69) is 4.72 Å². The molecule has 2 aromatic rings. The van der Waals surface area contributed by atoms with Crippen LogP contribution in [0.15, 0.2) is 48.5 Å². The summed E-state index contributed by atoms with van der Waals surface area (Å²) in [6.07, 6.45) is 0.736. The second kappa shape index (κ2) is 5.29. The van der Waals surface area contributed by atoms with Crippen LogP contribution < -0.4 is 13.8 Å². The molecule has 0 spiro atoms. The van der Waals surface area contributed by atoms with Gasteiger partial charge in [0.2, 0.25) is 0 Å². The maximum absolute atomic E-state index is 12.5. The molecule has 0 aromatic heterocycles. The number of fused-ring (bicyclic) bond motifs is 1. The Bertz CT molecular complexity index is 742. The number of benzene rings is 2. The van der Waals surface area contributed by atoms with Gasteiger partial charge in [0.15, 0.2) is 0 Å². The highest BCUT2D eigenvalue weighted by Crippen LogP contribution is 2.30. The minimum absolute atomic E-state index is 0.463. The second-order valence-corrected chi connectivity index (χ2v) is 6.38. The molecule has 0 aliphatic carbocycles. The molecule has 3 rings (SSSR count). The van der Waals surface area contributed by atoms with Crippen LogP contribution in [0.5, 0.6) is 5.75 Å². The van der Waals surface area contributed by atoms with E-state index in [0.717, 1.165) is 17.7 Å².